The maximum absolute atomic E-state index is 11.6. The zero-order valence-electron chi connectivity index (χ0n) is 7.88. The van der Waals surface area contributed by atoms with E-state index in [9.17, 15) is 4.79 Å². The summed E-state index contributed by atoms with van der Waals surface area (Å²) in [6, 6.07) is 5.44. The van der Waals surface area contributed by atoms with Gasteiger partial charge in [0.2, 0.25) is 0 Å². The van der Waals surface area contributed by atoms with Gasteiger partial charge in [0.1, 0.15) is 9.49 Å². The van der Waals surface area contributed by atoms with E-state index in [0.717, 1.165) is 5.56 Å². The fourth-order valence-corrected chi connectivity index (χ4v) is 1.66. The lowest BCUT2D eigenvalue weighted by Gasteiger charge is -2.06. The third kappa shape index (κ3) is 2.82. The van der Waals surface area contributed by atoms with Crippen LogP contribution in [0.25, 0.3) is 0 Å². The van der Waals surface area contributed by atoms with Crippen LogP contribution >= 0.6 is 31.9 Å². The van der Waals surface area contributed by atoms with Crippen LogP contribution < -0.4 is 4.74 Å². The Balaban J connectivity index is 3.09. The molecule has 0 saturated carbocycles. The second kappa shape index (κ2) is 4.94. The number of hydrogen-bond donors (Lipinski definition) is 0. The van der Waals surface area contributed by atoms with Gasteiger partial charge in [0.15, 0.2) is 5.78 Å². The summed E-state index contributed by atoms with van der Waals surface area (Å²) in [6.45, 7) is 1.93. The van der Waals surface area contributed by atoms with E-state index in [1.807, 2.05) is 19.1 Å². The highest BCUT2D eigenvalue weighted by atomic mass is 79.9. The molecule has 0 aromatic heterocycles. The second-order valence-corrected chi connectivity index (χ2v) is 5.96. The number of ketones is 1. The van der Waals surface area contributed by atoms with Crippen molar-refractivity contribution in [3.8, 4) is 5.75 Å². The molecule has 0 aliphatic carbocycles. The molecular formula is C10H10Br2O2. The monoisotopic (exact) mass is 320 g/mol. The Kier molecular flexibility index (Phi) is 4.13. The Morgan fingerprint density at radius 2 is 2.00 bits per heavy atom. The predicted octanol–water partition coefficient (Wildman–Crippen LogP) is 3.30. The number of alkyl halides is 2. The van der Waals surface area contributed by atoms with Crippen LogP contribution in [0.15, 0.2) is 18.2 Å². The van der Waals surface area contributed by atoms with Crippen LogP contribution in [-0.4, -0.2) is 16.6 Å². The van der Waals surface area contributed by atoms with Crippen LogP contribution in [0, 0.1) is 6.92 Å². The summed E-state index contributed by atoms with van der Waals surface area (Å²) in [5.74, 6) is 0.695. The fourth-order valence-electron chi connectivity index (χ4n) is 1.13. The zero-order valence-corrected chi connectivity index (χ0v) is 11.1. The second-order valence-electron chi connectivity index (χ2n) is 2.90. The molecule has 0 unspecified atom stereocenters. The number of aryl methyl sites for hydroxylation is 1. The summed E-state index contributed by atoms with van der Waals surface area (Å²) in [7, 11) is 1.59. The van der Waals surface area contributed by atoms with E-state index in [1.54, 1.807) is 13.2 Å². The van der Waals surface area contributed by atoms with Gasteiger partial charge < -0.3 is 4.74 Å². The minimum absolute atomic E-state index is 0.00741. The first-order valence-corrected chi connectivity index (χ1v) is 5.86. The lowest BCUT2D eigenvalue weighted by molar-refractivity contribution is 0.101. The van der Waals surface area contributed by atoms with Gasteiger partial charge in [-0.15, -0.1) is 0 Å². The van der Waals surface area contributed by atoms with E-state index < -0.39 is 0 Å². The van der Waals surface area contributed by atoms with E-state index in [2.05, 4.69) is 31.9 Å². The van der Waals surface area contributed by atoms with Gasteiger partial charge in [-0.1, -0.05) is 31.9 Å². The number of halogens is 2. The summed E-state index contributed by atoms with van der Waals surface area (Å²) in [5, 5.41) is 0. The summed E-state index contributed by atoms with van der Waals surface area (Å²) >= 11 is 6.35. The molecule has 4 heteroatoms. The van der Waals surface area contributed by atoms with Crippen molar-refractivity contribution in [1.29, 1.82) is 0 Å². The van der Waals surface area contributed by atoms with Crippen LogP contribution in [0.5, 0.6) is 5.75 Å². The summed E-state index contributed by atoms with van der Waals surface area (Å²) < 4.78 is 4.74. The Labute approximate surface area is 99.9 Å². The summed E-state index contributed by atoms with van der Waals surface area (Å²) in [4.78, 5) is 11.6. The topological polar surface area (TPSA) is 26.3 Å². The first-order chi connectivity index (χ1) is 6.54. The molecule has 0 amide bonds. The van der Waals surface area contributed by atoms with Crippen molar-refractivity contribution in [2.75, 3.05) is 7.11 Å². The van der Waals surface area contributed by atoms with E-state index in [-0.39, 0.29) is 9.52 Å². The maximum atomic E-state index is 11.6. The number of carbonyl (C=O) groups is 1. The first kappa shape index (κ1) is 11.7. The lowest BCUT2D eigenvalue weighted by Crippen LogP contribution is -2.07. The molecule has 0 saturated heterocycles. The fraction of sp³-hybridized carbons (Fsp3) is 0.300. The average Bonchev–Trinajstić information content (AvgIpc) is 2.15. The van der Waals surface area contributed by atoms with Gasteiger partial charge in [0.05, 0.1) is 7.11 Å². The van der Waals surface area contributed by atoms with Gasteiger partial charge in [-0.05, 0) is 30.7 Å². The lowest BCUT2D eigenvalue weighted by atomic mass is 10.1. The summed E-state index contributed by atoms with van der Waals surface area (Å²) in [5.41, 5.74) is 1.65. The third-order valence-corrected chi connectivity index (χ3v) is 2.60. The van der Waals surface area contributed by atoms with E-state index in [1.165, 1.54) is 0 Å². The number of rotatable bonds is 3. The number of Topliss-reactive ketones (excluding diaryl/α,β-unsaturated/α-hetero) is 1. The molecule has 0 fully saturated rings. The molecule has 0 spiro atoms. The van der Waals surface area contributed by atoms with Gasteiger partial charge in [-0.3, -0.25) is 4.79 Å². The normalized spacial score (nSPS) is 10.4. The Bertz CT molecular complexity index is 348. The molecular weight excluding hydrogens is 312 g/mol. The molecule has 0 radical (unpaired) electrons. The van der Waals surface area contributed by atoms with Gasteiger partial charge in [0.25, 0.3) is 0 Å². The Hall–Kier alpha value is -0.350. The molecule has 0 aliphatic heterocycles. The standard InChI is InChI=1S/C10H10Br2O2/c1-6-3-7(9(13)10(11)12)5-8(4-6)14-2/h3-5,10H,1-2H3. The van der Waals surface area contributed by atoms with E-state index in [4.69, 9.17) is 4.74 Å². The van der Waals surface area contributed by atoms with Crippen molar-refractivity contribution < 1.29 is 9.53 Å². The number of carbonyl (C=O) groups excluding carboxylic acids is 1. The van der Waals surface area contributed by atoms with E-state index in [0.29, 0.717) is 11.3 Å². The van der Waals surface area contributed by atoms with Crippen molar-refractivity contribution in [3.63, 3.8) is 0 Å². The highest BCUT2D eigenvalue weighted by Crippen LogP contribution is 2.21. The molecule has 0 heterocycles. The van der Waals surface area contributed by atoms with Crippen molar-refractivity contribution in [2.24, 2.45) is 0 Å². The molecule has 14 heavy (non-hydrogen) atoms. The van der Waals surface area contributed by atoms with Crippen LogP contribution in [-0.2, 0) is 0 Å². The minimum atomic E-state index is -0.346. The first-order valence-electron chi connectivity index (χ1n) is 4.02. The number of hydrogen-bond acceptors (Lipinski definition) is 2. The molecule has 2 nitrogen and oxygen atoms in total. The highest BCUT2D eigenvalue weighted by Gasteiger charge is 2.14. The molecule has 0 N–H and O–H groups in total. The van der Waals surface area contributed by atoms with Crippen LogP contribution in [0.3, 0.4) is 0 Å². The Morgan fingerprint density at radius 3 is 2.50 bits per heavy atom. The predicted molar refractivity (Wildman–Crippen MR) is 63.7 cm³/mol. The molecule has 0 aliphatic rings. The smallest absolute Gasteiger partial charge is 0.187 e. The van der Waals surface area contributed by atoms with Crippen LogP contribution in [0.4, 0.5) is 0 Å². The van der Waals surface area contributed by atoms with Crippen molar-refractivity contribution in [3.05, 3.63) is 29.3 Å². The SMILES string of the molecule is COc1cc(C)cc(C(=O)C(Br)Br)c1. The van der Waals surface area contributed by atoms with Crippen molar-refractivity contribution in [2.45, 2.75) is 10.7 Å². The molecule has 0 atom stereocenters. The van der Waals surface area contributed by atoms with Crippen LogP contribution in [0.1, 0.15) is 15.9 Å². The third-order valence-electron chi connectivity index (χ3n) is 1.77. The number of benzene rings is 1. The van der Waals surface area contributed by atoms with Gasteiger partial charge in [0, 0.05) is 5.56 Å². The van der Waals surface area contributed by atoms with Crippen LogP contribution in [0.2, 0.25) is 0 Å². The van der Waals surface area contributed by atoms with Gasteiger partial charge in [-0.25, -0.2) is 0 Å². The van der Waals surface area contributed by atoms with Crippen molar-refractivity contribution in [1.82, 2.24) is 0 Å². The molecule has 1 rings (SSSR count). The van der Waals surface area contributed by atoms with Gasteiger partial charge >= 0.3 is 0 Å². The highest BCUT2D eigenvalue weighted by molar-refractivity contribution is 9.25. The van der Waals surface area contributed by atoms with E-state index >= 15 is 0 Å². The maximum Gasteiger partial charge on any atom is 0.187 e. The quantitative estimate of drug-likeness (QED) is 0.630. The molecule has 76 valence electrons. The minimum Gasteiger partial charge on any atom is -0.497 e. The Morgan fingerprint density at radius 1 is 1.36 bits per heavy atom. The number of methoxy groups -OCH3 is 1. The molecule has 1 aromatic rings. The van der Waals surface area contributed by atoms with Gasteiger partial charge in [-0.2, -0.15) is 0 Å². The molecule has 0 bridgehead atoms. The number of ether oxygens (including phenoxy) is 1. The zero-order chi connectivity index (χ0) is 10.7. The average molecular weight is 322 g/mol. The largest absolute Gasteiger partial charge is 0.497 e. The van der Waals surface area contributed by atoms with Crippen molar-refractivity contribution >= 4 is 37.6 Å². The summed E-state index contributed by atoms with van der Waals surface area (Å²) in [6.07, 6.45) is 0. The molecule has 1 aromatic carbocycles.